The van der Waals surface area contributed by atoms with Crippen molar-refractivity contribution in [2.45, 2.75) is 26.3 Å². The molecule has 0 heterocycles. The summed E-state index contributed by atoms with van der Waals surface area (Å²) in [4.78, 5) is 11.3. The van der Waals surface area contributed by atoms with E-state index in [1.54, 1.807) is 0 Å². The van der Waals surface area contributed by atoms with E-state index < -0.39 is 0 Å². The van der Waals surface area contributed by atoms with E-state index in [1.807, 2.05) is 38.1 Å². The van der Waals surface area contributed by atoms with Gasteiger partial charge in [0.15, 0.2) is 0 Å². The molecule has 0 aromatic heterocycles. The van der Waals surface area contributed by atoms with Crippen LogP contribution in [0.15, 0.2) is 24.3 Å². The first-order valence-corrected chi connectivity index (χ1v) is 6.33. The Balaban J connectivity index is 2.90. The van der Waals surface area contributed by atoms with Gasteiger partial charge in [0, 0.05) is 5.56 Å². The summed E-state index contributed by atoms with van der Waals surface area (Å²) in [7, 11) is 0. The normalized spacial score (nSPS) is 11.9. The minimum atomic E-state index is -0.162. The summed E-state index contributed by atoms with van der Waals surface area (Å²) in [5.41, 5.74) is 0.996. The van der Waals surface area contributed by atoms with Crippen molar-refractivity contribution in [2.24, 2.45) is 0 Å². The van der Waals surface area contributed by atoms with E-state index in [9.17, 15) is 4.79 Å². The summed E-state index contributed by atoms with van der Waals surface area (Å²) >= 11 is 5.50. The van der Waals surface area contributed by atoms with E-state index in [2.05, 4.69) is 5.32 Å². The van der Waals surface area contributed by atoms with Gasteiger partial charge in [-0.3, -0.25) is 4.79 Å². The van der Waals surface area contributed by atoms with E-state index in [4.69, 9.17) is 16.3 Å². The van der Waals surface area contributed by atoms with Crippen molar-refractivity contribution in [3.05, 3.63) is 29.8 Å². The first-order chi connectivity index (χ1) is 8.22. The van der Waals surface area contributed by atoms with Crippen molar-refractivity contribution >= 4 is 17.5 Å². The Morgan fingerprint density at radius 2 is 2.12 bits per heavy atom. The van der Waals surface area contributed by atoms with E-state index in [0.29, 0.717) is 6.61 Å². The fourth-order valence-corrected chi connectivity index (χ4v) is 1.77. The number of carbonyl (C=O) groups is 1. The third kappa shape index (κ3) is 3.93. The number of rotatable bonds is 6. The van der Waals surface area contributed by atoms with Crippen molar-refractivity contribution in [1.82, 2.24) is 5.32 Å². The molecule has 1 rings (SSSR count). The lowest BCUT2D eigenvalue weighted by Gasteiger charge is -2.19. The standard InChI is InChI=1S/C13H18ClNO2/c1-3-11(15-13(16)9-14)10-7-5-6-8-12(10)17-4-2/h5-8,11H,3-4,9H2,1-2H3,(H,15,16)/t11-/m1/s1. The van der Waals surface area contributed by atoms with E-state index in [-0.39, 0.29) is 17.8 Å². The zero-order valence-corrected chi connectivity index (χ0v) is 11.0. The van der Waals surface area contributed by atoms with Crippen molar-refractivity contribution < 1.29 is 9.53 Å². The van der Waals surface area contributed by atoms with Crippen LogP contribution < -0.4 is 10.1 Å². The van der Waals surface area contributed by atoms with Crippen LogP contribution in [0.25, 0.3) is 0 Å². The number of halogens is 1. The van der Waals surface area contributed by atoms with Gasteiger partial charge in [0.1, 0.15) is 11.6 Å². The number of para-hydroxylation sites is 1. The molecular formula is C13H18ClNO2. The minimum absolute atomic E-state index is 0.0205. The number of hydrogen-bond acceptors (Lipinski definition) is 2. The largest absolute Gasteiger partial charge is 0.494 e. The molecule has 1 amide bonds. The van der Waals surface area contributed by atoms with Crippen LogP contribution in [-0.2, 0) is 4.79 Å². The Morgan fingerprint density at radius 3 is 2.71 bits per heavy atom. The maximum atomic E-state index is 11.3. The summed E-state index contributed by atoms with van der Waals surface area (Å²) < 4.78 is 5.55. The lowest BCUT2D eigenvalue weighted by molar-refractivity contribution is -0.119. The molecule has 0 radical (unpaired) electrons. The predicted molar refractivity (Wildman–Crippen MR) is 69.5 cm³/mol. The Morgan fingerprint density at radius 1 is 1.41 bits per heavy atom. The molecule has 1 atom stereocenters. The van der Waals surface area contributed by atoms with E-state index in [1.165, 1.54) is 0 Å². The number of carbonyl (C=O) groups excluding carboxylic acids is 1. The quantitative estimate of drug-likeness (QED) is 0.794. The number of nitrogens with one attached hydrogen (secondary N) is 1. The summed E-state index contributed by atoms with van der Waals surface area (Å²) in [6.45, 7) is 4.56. The summed E-state index contributed by atoms with van der Waals surface area (Å²) in [5, 5.41) is 2.88. The molecule has 0 aliphatic rings. The second-order valence-electron chi connectivity index (χ2n) is 3.63. The summed E-state index contributed by atoms with van der Waals surface area (Å²) in [6, 6.07) is 7.68. The van der Waals surface area contributed by atoms with Crippen LogP contribution in [0, 0.1) is 0 Å². The lowest BCUT2D eigenvalue weighted by Crippen LogP contribution is -2.29. The molecule has 0 bridgehead atoms. The van der Waals surface area contributed by atoms with E-state index in [0.717, 1.165) is 17.7 Å². The number of alkyl halides is 1. The van der Waals surface area contributed by atoms with Crippen LogP contribution in [0.3, 0.4) is 0 Å². The molecule has 0 saturated heterocycles. The van der Waals surface area contributed by atoms with Gasteiger partial charge in [-0.2, -0.15) is 0 Å². The van der Waals surface area contributed by atoms with Crippen molar-refractivity contribution in [3.8, 4) is 5.75 Å². The third-order valence-electron chi connectivity index (χ3n) is 2.46. The Bertz CT molecular complexity index is 368. The van der Waals surface area contributed by atoms with Crippen molar-refractivity contribution in [3.63, 3.8) is 0 Å². The third-order valence-corrected chi connectivity index (χ3v) is 2.70. The highest BCUT2D eigenvalue weighted by Crippen LogP contribution is 2.27. The average molecular weight is 256 g/mol. The van der Waals surface area contributed by atoms with Gasteiger partial charge in [-0.15, -0.1) is 11.6 Å². The van der Waals surface area contributed by atoms with Crippen LogP contribution in [0.2, 0.25) is 0 Å². The van der Waals surface area contributed by atoms with Gasteiger partial charge in [0.25, 0.3) is 0 Å². The molecule has 0 spiro atoms. The predicted octanol–water partition coefficient (Wildman–Crippen LogP) is 2.89. The van der Waals surface area contributed by atoms with Crippen LogP contribution in [0.4, 0.5) is 0 Å². The van der Waals surface area contributed by atoms with Gasteiger partial charge in [0.2, 0.25) is 5.91 Å². The van der Waals surface area contributed by atoms with E-state index >= 15 is 0 Å². The number of amides is 1. The molecule has 17 heavy (non-hydrogen) atoms. The zero-order chi connectivity index (χ0) is 12.7. The summed E-state index contributed by atoms with van der Waals surface area (Å²) in [5.74, 6) is 0.634. The van der Waals surface area contributed by atoms with Crippen molar-refractivity contribution in [2.75, 3.05) is 12.5 Å². The van der Waals surface area contributed by atoms with Gasteiger partial charge in [-0.1, -0.05) is 25.1 Å². The number of ether oxygens (including phenoxy) is 1. The fourth-order valence-electron chi connectivity index (χ4n) is 1.69. The number of hydrogen-bond donors (Lipinski definition) is 1. The molecule has 0 fully saturated rings. The molecule has 1 aromatic rings. The average Bonchev–Trinajstić information content (AvgIpc) is 2.37. The maximum absolute atomic E-state index is 11.3. The van der Waals surface area contributed by atoms with Gasteiger partial charge in [-0.05, 0) is 19.4 Å². The molecule has 0 saturated carbocycles. The second-order valence-corrected chi connectivity index (χ2v) is 3.90. The Labute approximate surface area is 107 Å². The molecule has 4 heteroatoms. The lowest BCUT2D eigenvalue weighted by atomic mass is 10.0. The minimum Gasteiger partial charge on any atom is -0.494 e. The maximum Gasteiger partial charge on any atom is 0.235 e. The molecule has 0 aliphatic heterocycles. The highest BCUT2D eigenvalue weighted by Gasteiger charge is 2.15. The highest BCUT2D eigenvalue weighted by atomic mass is 35.5. The molecule has 0 aliphatic carbocycles. The van der Waals surface area contributed by atoms with Gasteiger partial charge >= 0.3 is 0 Å². The monoisotopic (exact) mass is 255 g/mol. The first kappa shape index (κ1) is 13.8. The molecule has 94 valence electrons. The molecule has 1 aromatic carbocycles. The Kier molecular flexibility index (Phi) is 5.84. The van der Waals surface area contributed by atoms with Gasteiger partial charge in [0.05, 0.1) is 12.6 Å². The molecule has 0 unspecified atom stereocenters. The second kappa shape index (κ2) is 7.17. The molecule has 1 N–H and O–H groups in total. The van der Waals surface area contributed by atoms with Crippen LogP contribution in [-0.4, -0.2) is 18.4 Å². The Hall–Kier alpha value is -1.22. The van der Waals surface area contributed by atoms with Crippen molar-refractivity contribution in [1.29, 1.82) is 0 Å². The van der Waals surface area contributed by atoms with Gasteiger partial charge < -0.3 is 10.1 Å². The van der Waals surface area contributed by atoms with Crippen LogP contribution >= 0.6 is 11.6 Å². The first-order valence-electron chi connectivity index (χ1n) is 5.79. The smallest absolute Gasteiger partial charge is 0.235 e. The highest BCUT2D eigenvalue weighted by molar-refractivity contribution is 6.27. The number of benzene rings is 1. The summed E-state index contributed by atoms with van der Waals surface area (Å²) in [6.07, 6.45) is 0.798. The van der Waals surface area contributed by atoms with Crippen LogP contribution in [0.5, 0.6) is 5.75 Å². The topological polar surface area (TPSA) is 38.3 Å². The SMILES string of the molecule is CCOc1ccccc1[C@@H](CC)NC(=O)CCl. The fraction of sp³-hybridized carbons (Fsp3) is 0.462. The molecule has 3 nitrogen and oxygen atoms in total. The zero-order valence-electron chi connectivity index (χ0n) is 10.2. The molecular weight excluding hydrogens is 238 g/mol. The van der Waals surface area contributed by atoms with Crippen LogP contribution in [0.1, 0.15) is 31.9 Å². The van der Waals surface area contributed by atoms with Gasteiger partial charge in [-0.25, -0.2) is 0 Å².